The first kappa shape index (κ1) is 17.2. The molecule has 2 rings (SSSR count). The molecule has 0 bridgehead atoms. The zero-order chi connectivity index (χ0) is 16.7. The number of benzene rings is 1. The lowest BCUT2D eigenvalue weighted by atomic mass is 10.3. The highest BCUT2D eigenvalue weighted by molar-refractivity contribution is 8.02. The van der Waals surface area contributed by atoms with E-state index in [2.05, 4.69) is 20.8 Å². The molecule has 1 aromatic carbocycles. The number of hydrogen-bond acceptors (Lipinski definition) is 7. The van der Waals surface area contributed by atoms with Crippen molar-refractivity contribution in [2.45, 2.75) is 22.9 Å². The summed E-state index contributed by atoms with van der Waals surface area (Å²) in [4.78, 5) is 23.4. The van der Waals surface area contributed by atoms with Crippen LogP contribution >= 0.6 is 23.1 Å². The van der Waals surface area contributed by atoms with Crippen LogP contribution in [0.5, 0.6) is 0 Å². The molecule has 9 heteroatoms. The van der Waals surface area contributed by atoms with Gasteiger partial charge in [-0.25, -0.2) is 4.79 Å². The molecule has 2 N–H and O–H groups in total. The molecule has 2 aromatic rings. The summed E-state index contributed by atoms with van der Waals surface area (Å²) in [7, 11) is 1.35. The summed E-state index contributed by atoms with van der Waals surface area (Å²) in [6.45, 7) is 1.89. The Morgan fingerprint density at radius 3 is 2.65 bits per heavy atom. The van der Waals surface area contributed by atoms with E-state index in [1.165, 1.54) is 30.2 Å². The van der Waals surface area contributed by atoms with Crippen molar-refractivity contribution in [2.24, 2.45) is 0 Å². The first-order valence-corrected chi connectivity index (χ1v) is 8.53. The van der Waals surface area contributed by atoms with Gasteiger partial charge in [-0.15, -0.1) is 10.2 Å². The maximum absolute atomic E-state index is 11.9. The molecule has 0 radical (unpaired) electrons. The summed E-state index contributed by atoms with van der Waals surface area (Å²) in [6, 6.07) is 8.68. The monoisotopic (exact) mass is 352 g/mol. The van der Waals surface area contributed by atoms with Gasteiger partial charge in [0.15, 0.2) is 4.34 Å². The maximum Gasteiger partial charge on any atom is 0.325 e. The second kappa shape index (κ2) is 8.49. The largest absolute Gasteiger partial charge is 0.468 e. The summed E-state index contributed by atoms with van der Waals surface area (Å²) in [6.07, 6.45) is 0.619. The number of methoxy groups -OCH3 is 1. The highest BCUT2D eigenvalue weighted by Crippen LogP contribution is 2.30. The Hall–Kier alpha value is -2.13. The van der Waals surface area contributed by atoms with Gasteiger partial charge in [-0.2, -0.15) is 0 Å². The van der Waals surface area contributed by atoms with Crippen molar-refractivity contribution in [3.63, 3.8) is 0 Å². The highest BCUT2D eigenvalue weighted by atomic mass is 32.2. The minimum absolute atomic E-state index is 0.302. The maximum atomic E-state index is 11.9. The van der Waals surface area contributed by atoms with Gasteiger partial charge in [-0.05, 0) is 18.6 Å². The fraction of sp³-hybridized carbons (Fsp3) is 0.286. The van der Waals surface area contributed by atoms with Crippen molar-refractivity contribution in [3.8, 4) is 0 Å². The van der Waals surface area contributed by atoms with Crippen molar-refractivity contribution in [1.82, 2.24) is 10.2 Å². The standard InChI is InChI=1S/C14H16N4O3S2/c1-3-10(11(19)21-2)22-14-18-17-13(23-14)16-12(20)15-9-7-5-4-6-8-9/h4-8,10H,3H2,1-2H3,(H2,15,16,17,20)/t10-/m1/s1. The number of hydrogen-bond donors (Lipinski definition) is 2. The third kappa shape index (κ3) is 5.22. The predicted octanol–water partition coefficient (Wildman–Crippen LogP) is 3.23. The van der Waals surface area contributed by atoms with Gasteiger partial charge in [-0.3, -0.25) is 10.1 Å². The number of esters is 1. The van der Waals surface area contributed by atoms with Gasteiger partial charge >= 0.3 is 12.0 Å². The van der Waals surface area contributed by atoms with Gasteiger partial charge in [-0.1, -0.05) is 48.2 Å². The summed E-state index contributed by atoms with van der Waals surface area (Å²) in [5.74, 6) is -0.302. The van der Waals surface area contributed by atoms with Crippen molar-refractivity contribution >= 4 is 45.9 Å². The van der Waals surface area contributed by atoms with Gasteiger partial charge in [0, 0.05) is 5.69 Å². The van der Waals surface area contributed by atoms with Crippen LogP contribution in [0.15, 0.2) is 34.7 Å². The molecule has 0 aliphatic rings. The van der Waals surface area contributed by atoms with Crippen molar-refractivity contribution in [3.05, 3.63) is 30.3 Å². The van der Waals surface area contributed by atoms with Crippen LogP contribution in [0, 0.1) is 0 Å². The number of carbonyl (C=O) groups excluding carboxylic acids is 2. The van der Waals surface area contributed by atoms with E-state index in [1.807, 2.05) is 25.1 Å². The van der Waals surface area contributed by atoms with Gasteiger partial charge in [0.1, 0.15) is 5.25 Å². The predicted molar refractivity (Wildman–Crippen MR) is 90.9 cm³/mol. The normalized spacial score (nSPS) is 11.6. The van der Waals surface area contributed by atoms with Crippen LogP contribution in [0.25, 0.3) is 0 Å². The Balaban J connectivity index is 1.91. The highest BCUT2D eigenvalue weighted by Gasteiger charge is 2.21. The van der Waals surface area contributed by atoms with Crippen molar-refractivity contribution in [2.75, 3.05) is 17.7 Å². The van der Waals surface area contributed by atoms with Crippen molar-refractivity contribution in [1.29, 1.82) is 0 Å². The molecule has 23 heavy (non-hydrogen) atoms. The number of aromatic nitrogens is 2. The van der Waals surface area contributed by atoms with Gasteiger partial charge in [0.05, 0.1) is 7.11 Å². The quantitative estimate of drug-likeness (QED) is 0.471. The SMILES string of the molecule is CC[C@@H](Sc1nnc(NC(=O)Nc2ccccc2)s1)C(=O)OC. The lowest BCUT2D eigenvalue weighted by Gasteiger charge is -2.08. The van der Waals surface area contributed by atoms with Gasteiger partial charge in [0.25, 0.3) is 0 Å². The number of nitrogens with one attached hydrogen (secondary N) is 2. The third-order valence-corrected chi connectivity index (χ3v) is 5.00. The number of carbonyl (C=O) groups is 2. The molecule has 122 valence electrons. The molecule has 0 saturated heterocycles. The Labute approximate surface area is 141 Å². The lowest BCUT2D eigenvalue weighted by Crippen LogP contribution is -2.19. The number of nitrogens with zero attached hydrogens (tertiary/aromatic N) is 2. The Bertz CT molecular complexity index is 663. The number of ether oxygens (including phenoxy) is 1. The van der Waals surface area contributed by atoms with E-state index >= 15 is 0 Å². The molecule has 0 aliphatic carbocycles. The average molecular weight is 352 g/mol. The number of rotatable bonds is 6. The zero-order valence-corrected chi connectivity index (χ0v) is 14.2. The topological polar surface area (TPSA) is 93.2 Å². The molecular weight excluding hydrogens is 336 g/mol. The smallest absolute Gasteiger partial charge is 0.325 e. The van der Waals surface area contributed by atoms with Crippen LogP contribution in [0.4, 0.5) is 15.6 Å². The molecule has 1 heterocycles. The van der Waals surface area contributed by atoms with Crippen LogP contribution < -0.4 is 10.6 Å². The first-order chi connectivity index (χ1) is 11.1. The zero-order valence-electron chi connectivity index (χ0n) is 12.6. The van der Waals surface area contributed by atoms with Gasteiger partial charge in [0.2, 0.25) is 5.13 Å². The van der Waals surface area contributed by atoms with Gasteiger partial charge < -0.3 is 10.1 Å². The van der Waals surface area contributed by atoms with Crippen LogP contribution in [0.2, 0.25) is 0 Å². The minimum Gasteiger partial charge on any atom is -0.468 e. The Morgan fingerprint density at radius 2 is 2.00 bits per heavy atom. The van der Waals surface area contributed by atoms with E-state index in [-0.39, 0.29) is 11.2 Å². The number of para-hydroxylation sites is 1. The summed E-state index contributed by atoms with van der Waals surface area (Å²) >= 11 is 2.48. The summed E-state index contributed by atoms with van der Waals surface area (Å²) in [5, 5.41) is 13.2. The molecule has 1 atom stereocenters. The van der Waals surface area contributed by atoms with Crippen LogP contribution in [0.1, 0.15) is 13.3 Å². The molecule has 1 aromatic heterocycles. The average Bonchev–Trinajstić information content (AvgIpc) is 2.99. The number of thioether (sulfide) groups is 1. The second-order valence-corrected chi connectivity index (χ2v) is 6.78. The van der Waals surface area contributed by atoms with E-state index in [4.69, 9.17) is 4.74 Å². The van der Waals surface area contributed by atoms with E-state index in [0.29, 0.717) is 21.6 Å². The summed E-state index contributed by atoms with van der Waals surface area (Å²) in [5.41, 5.74) is 0.681. The first-order valence-electron chi connectivity index (χ1n) is 6.83. The molecule has 0 fully saturated rings. The van der Waals surface area contributed by atoms with Crippen molar-refractivity contribution < 1.29 is 14.3 Å². The Kier molecular flexibility index (Phi) is 6.36. The number of urea groups is 1. The molecule has 0 unspecified atom stereocenters. The van der Waals surface area contributed by atoms with Crippen LogP contribution in [-0.4, -0.2) is 34.6 Å². The van der Waals surface area contributed by atoms with Crippen LogP contribution in [-0.2, 0) is 9.53 Å². The molecule has 2 amide bonds. The fourth-order valence-corrected chi connectivity index (χ4v) is 3.58. The van der Waals surface area contributed by atoms with E-state index in [1.54, 1.807) is 12.1 Å². The lowest BCUT2D eigenvalue weighted by molar-refractivity contribution is -0.140. The Morgan fingerprint density at radius 1 is 1.26 bits per heavy atom. The molecule has 0 saturated carbocycles. The van der Waals surface area contributed by atoms with E-state index in [9.17, 15) is 9.59 Å². The molecule has 0 aliphatic heterocycles. The molecule has 7 nitrogen and oxygen atoms in total. The number of anilines is 2. The third-order valence-electron chi connectivity index (χ3n) is 2.74. The molecule has 0 spiro atoms. The fourth-order valence-electron chi connectivity index (χ4n) is 1.64. The van der Waals surface area contributed by atoms with E-state index < -0.39 is 6.03 Å². The van der Waals surface area contributed by atoms with E-state index in [0.717, 1.165) is 0 Å². The molecular formula is C14H16N4O3S2. The second-order valence-electron chi connectivity index (χ2n) is 4.36. The minimum atomic E-state index is -0.399. The number of amides is 2. The van der Waals surface area contributed by atoms with Crippen LogP contribution in [0.3, 0.4) is 0 Å². The summed E-state index contributed by atoms with van der Waals surface area (Å²) < 4.78 is 5.32.